The Morgan fingerprint density at radius 3 is 2.59 bits per heavy atom. The smallest absolute Gasteiger partial charge is 0.293 e. The summed E-state index contributed by atoms with van der Waals surface area (Å²) >= 11 is 0. The number of aliphatic hydroxyl groups is 1. The van der Waals surface area contributed by atoms with Gasteiger partial charge in [-0.05, 0) is 44.7 Å². The van der Waals surface area contributed by atoms with E-state index in [4.69, 9.17) is 5.41 Å². The summed E-state index contributed by atoms with van der Waals surface area (Å²) in [6.45, 7) is 5.41. The van der Waals surface area contributed by atoms with Gasteiger partial charge in [0.25, 0.3) is 11.5 Å². The first kappa shape index (κ1) is 18.0. The molecule has 2 aromatic rings. The number of rotatable bonds is 1. The molecule has 0 unspecified atom stereocenters. The van der Waals surface area contributed by atoms with Gasteiger partial charge < -0.3 is 25.1 Å². The molecule has 7 heteroatoms. The molecule has 3 N–H and O–H groups in total. The number of aromatic nitrogens is 1. The van der Waals surface area contributed by atoms with Gasteiger partial charge in [-0.2, -0.15) is 0 Å². The van der Waals surface area contributed by atoms with Crippen LogP contribution in [0.5, 0.6) is 5.75 Å². The molecule has 1 aliphatic carbocycles. The first-order valence-electron chi connectivity index (χ1n) is 9.74. The molecule has 3 atom stereocenters. The number of carbonyl (C=O) groups is 1. The summed E-state index contributed by atoms with van der Waals surface area (Å²) in [4.78, 5) is 27.6. The van der Waals surface area contributed by atoms with E-state index in [1.54, 1.807) is 11.9 Å². The normalized spacial score (nSPS) is 26.8. The van der Waals surface area contributed by atoms with Crippen LogP contribution in [-0.2, 0) is 18.3 Å². The molecule has 0 spiro atoms. The lowest BCUT2D eigenvalue weighted by atomic mass is 9.68. The highest BCUT2D eigenvalue weighted by Gasteiger charge is 2.63. The maximum atomic E-state index is 13.2. The van der Waals surface area contributed by atoms with E-state index >= 15 is 0 Å². The third-order valence-electron chi connectivity index (χ3n) is 7.22. The van der Waals surface area contributed by atoms with Crippen LogP contribution in [0.25, 0.3) is 10.9 Å². The number of nitrogens with one attached hydrogen (secondary N) is 1. The van der Waals surface area contributed by atoms with E-state index in [-0.39, 0.29) is 34.6 Å². The van der Waals surface area contributed by atoms with E-state index in [1.807, 2.05) is 32.0 Å². The Kier molecular flexibility index (Phi) is 3.28. The molecule has 5 rings (SSSR count). The first-order valence-corrected chi connectivity index (χ1v) is 9.74. The van der Waals surface area contributed by atoms with Crippen molar-refractivity contribution in [2.24, 2.45) is 13.0 Å². The zero-order valence-electron chi connectivity index (χ0n) is 16.8. The van der Waals surface area contributed by atoms with Crippen molar-refractivity contribution in [3.63, 3.8) is 0 Å². The molecule has 3 heterocycles. The zero-order chi connectivity index (χ0) is 21.0. The minimum atomic E-state index is -0.688. The third kappa shape index (κ3) is 1.90. The summed E-state index contributed by atoms with van der Waals surface area (Å²) < 4.78 is 1.44. The third-order valence-corrected chi connectivity index (χ3v) is 7.22. The van der Waals surface area contributed by atoms with Gasteiger partial charge in [0.05, 0.1) is 17.1 Å². The summed E-state index contributed by atoms with van der Waals surface area (Å²) in [6, 6.07) is 5.06. The van der Waals surface area contributed by atoms with Crippen molar-refractivity contribution in [1.82, 2.24) is 9.47 Å². The molecule has 150 valence electrons. The lowest BCUT2D eigenvalue weighted by Gasteiger charge is -2.38. The number of nitrogens with zero attached hydrogens (tertiary/aromatic N) is 2. The lowest BCUT2D eigenvalue weighted by Crippen LogP contribution is -2.47. The number of carbonyl (C=O) groups excluding carboxylic acids is 1. The van der Waals surface area contributed by atoms with Crippen molar-refractivity contribution in [3.05, 3.63) is 51.0 Å². The Hall–Kier alpha value is -3.09. The Labute approximate surface area is 167 Å². The number of aromatic hydroxyl groups is 1. The Morgan fingerprint density at radius 1 is 1.24 bits per heavy atom. The van der Waals surface area contributed by atoms with E-state index in [1.165, 1.54) is 11.5 Å². The summed E-state index contributed by atoms with van der Waals surface area (Å²) in [5.41, 5.74) is 1.20. The molecule has 1 saturated heterocycles. The van der Waals surface area contributed by atoms with Crippen LogP contribution < -0.4 is 5.56 Å². The van der Waals surface area contributed by atoms with Crippen molar-refractivity contribution in [2.75, 3.05) is 0 Å². The number of pyridine rings is 1. The average molecular weight is 393 g/mol. The lowest BCUT2D eigenvalue weighted by molar-refractivity contribution is -0.130. The number of hydrogen-bond acceptors (Lipinski definition) is 5. The van der Waals surface area contributed by atoms with Crippen molar-refractivity contribution in [1.29, 1.82) is 5.41 Å². The summed E-state index contributed by atoms with van der Waals surface area (Å²) in [5.74, 6) is -1.31. The molecule has 29 heavy (non-hydrogen) atoms. The first-order chi connectivity index (χ1) is 13.6. The van der Waals surface area contributed by atoms with Crippen molar-refractivity contribution >= 4 is 22.5 Å². The minimum Gasteiger partial charge on any atom is -0.509 e. The molecule has 0 bridgehead atoms. The maximum Gasteiger partial charge on any atom is 0.293 e. The van der Waals surface area contributed by atoms with Gasteiger partial charge in [-0.15, -0.1) is 0 Å². The van der Waals surface area contributed by atoms with Crippen molar-refractivity contribution < 1.29 is 15.0 Å². The van der Waals surface area contributed by atoms with Crippen LogP contribution in [0.1, 0.15) is 37.8 Å². The summed E-state index contributed by atoms with van der Waals surface area (Å²) in [7, 11) is 1.63. The van der Waals surface area contributed by atoms with Crippen LogP contribution in [0.2, 0.25) is 0 Å². The van der Waals surface area contributed by atoms with E-state index < -0.39 is 23.1 Å². The molecule has 0 radical (unpaired) electrons. The fourth-order valence-electron chi connectivity index (χ4n) is 5.91. The van der Waals surface area contributed by atoms with E-state index in [0.29, 0.717) is 12.0 Å². The van der Waals surface area contributed by atoms with Crippen LogP contribution in [0, 0.1) is 11.3 Å². The van der Waals surface area contributed by atoms with E-state index in [2.05, 4.69) is 0 Å². The Morgan fingerprint density at radius 2 is 1.93 bits per heavy atom. The SMILES string of the molecule is CC(=N)C1=C(O)[C@@H]2[C@H]3c4c(O)c(=O)n(C)c5cccc(c45)C[C@H]3C(C)(C)N2C1=O. The largest absolute Gasteiger partial charge is 0.509 e. The Bertz CT molecular complexity index is 1240. The standard InChI is InChI=1S/C22H23N3O4/c1-9(23)13-18(26)17-15-11(22(2,3)25(17)20(13)28)8-10-6-5-7-12-14(10)16(15)19(27)21(29)24(12)4/h5-7,11,15,17,23,26-27H,8H2,1-4H3/t11-,15-,17+/m1/s1. The molecular weight excluding hydrogens is 370 g/mol. The predicted molar refractivity (Wildman–Crippen MR) is 109 cm³/mol. The van der Waals surface area contributed by atoms with Gasteiger partial charge in [0, 0.05) is 35.2 Å². The number of aliphatic hydroxyl groups excluding tert-OH is 1. The molecule has 1 amide bonds. The highest BCUT2D eigenvalue weighted by atomic mass is 16.3. The van der Waals surface area contributed by atoms with Gasteiger partial charge >= 0.3 is 0 Å². The Balaban J connectivity index is 1.89. The molecule has 3 aliphatic rings. The van der Waals surface area contributed by atoms with E-state index in [9.17, 15) is 19.8 Å². The predicted octanol–water partition coefficient (Wildman–Crippen LogP) is 2.35. The summed E-state index contributed by atoms with van der Waals surface area (Å²) in [5, 5.41) is 30.7. The number of hydrogen-bond donors (Lipinski definition) is 3. The number of amides is 1. The van der Waals surface area contributed by atoms with Crippen LogP contribution >= 0.6 is 0 Å². The topological polar surface area (TPSA) is 107 Å². The number of aryl methyl sites for hydroxylation is 1. The van der Waals surface area contributed by atoms with Gasteiger partial charge in [-0.25, -0.2) is 0 Å². The highest BCUT2D eigenvalue weighted by molar-refractivity contribution is 6.22. The molecular formula is C22H23N3O4. The second kappa shape index (κ2) is 5.28. The van der Waals surface area contributed by atoms with Gasteiger partial charge in [-0.1, -0.05) is 12.1 Å². The van der Waals surface area contributed by atoms with Crippen molar-refractivity contribution in [2.45, 2.75) is 44.7 Å². The molecule has 1 fully saturated rings. The van der Waals surface area contributed by atoms with Crippen LogP contribution in [0.15, 0.2) is 34.3 Å². The fraction of sp³-hybridized carbons (Fsp3) is 0.409. The zero-order valence-corrected chi connectivity index (χ0v) is 16.8. The monoisotopic (exact) mass is 393 g/mol. The second-order valence-electron chi connectivity index (χ2n) is 8.93. The van der Waals surface area contributed by atoms with Gasteiger partial charge in [0.1, 0.15) is 5.76 Å². The van der Waals surface area contributed by atoms with Gasteiger partial charge in [0.15, 0.2) is 5.75 Å². The van der Waals surface area contributed by atoms with Crippen LogP contribution in [-0.4, -0.2) is 42.9 Å². The second-order valence-corrected chi connectivity index (χ2v) is 8.93. The van der Waals surface area contributed by atoms with Crippen LogP contribution in [0.4, 0.5) is 0 Å². The van der Waals surface area contributed by atoms with E-state index in [0.717, 1.165) is 16.5 Å². The number of benzene rings is 1. The maximum absolute atomic E-state index is 13.2. The van der Waals surface area contributed by atoms with Gasteiger partial charge in [-0.3, -0.25) is 9.59 Å². The molecule has 1 aromatic carbocycles. The molecule has 2 aliphatic heterocycles. The minimum absolute atomic E-state index is 0.0174. The van der Waals surface area contributed by atoms with Crippen LogP contribution in [0.3, 0.4) is 0 Å². The highest BCUT2D eigenvalue weighted by Crippen LogP contribution is 2.59. The quantitative estimate of drug-likeness (QED) is 0.647. The molecule has 1 aromatic heterocycles. The van der Waals surface area contributed by atoms with Gasteiger partial charge in [0.2, 0.25) is 0 Å². The molecule has 0 saturated carbocycles. The average Bonchev–Trinajstić information content (AvgIpc) is 3.06. The fourth-order valence-corrected chi connectivity index (χ4v) is 5.91. The van der Waals surface area contributed by atoms with Crippen molar-refractivity contribution in [3.8, 4) is 5.75 Å². The summed E-state index contributed by atoms with van der Waals surface area (Å²) in [6.07, 6.45) is 0.673. The number of fused-ring (bicyclic) bond motifs is 4. The molecule has 7 nitrogen and oxygen atoms in total.